The third-order valence-electron chi connectivity index (χ3n) is 4.47. The summed E-state index contributed by atoms with van der Waals surface area (Å²) in [6.07, 6.45) is 10.0. The van der Waals surface area contributed by atoms with E-state index < -0.39 is 0 Å². The Balaban J connectivity index is 5.04. The Bertz CT molecular complexity index is 306. The Morgan fingerprint density at radius 2 is 1.72 bits per heavy atom. The van der Waals surface area contributed by atoms with Gasteiger partial charge in [0.15, 0.2) is 0 Å². The maximum absolute atomic E-state index is 3.97. The SMILES string of the molecule is C=CC(CC)CC(C)(C)C(C)=CC(C)(C=C)CC. The Morgan fingerprint density at radius 3 is 2.06 bits per heavy atom. The molecule has 104 valence electrons. The minimum Gasteiger partial charge on any atom is -0.103 e. The number of rotatable bonds is 8. The molecule has 0 saturated heterocycles. The summed E-state index contributed by atoms with van der Waals surface area (Å²) in [5.41, 5.74) is 1.82. The summed E-state index contributed by atoms with van der Waals surface area (Å²) < 4.78 is 0. The maximum atomic E-state index is 3.97. The van der Waals surface area contributed by atoms with E-state index in [4.69, 9.17) is 0 Å². The molecule has 0 aromatic heterocycles. The van der Waals surface area contributed by atoms with Gasteiger partial charge in [0.05, 0.1) is 0 Å². The van der Waals surface area contributed by atoms with Gasteiger partial charge < -0.3 is 0 Å². The van der Waals surface area contributed by atoms with Crippen molar-refractivity contribution >= 4 is 0 Å². The quantitative estimate of drug-likeness (QED) is 0.451. The fraction of sp³-hybridized carbons (Fsp3) is 0.667. The lowest BCUT2D eigenvalue weighted by molar-refractivity contribution is 0.339. The highest BCUT2D eigenvalue weighted by Crippen LogP contribution is 2.38. The standard InChI is InChI=1S/C18H32/c1-9-16(10-2)14-17(6,7)15(5)13-18(8,11-3)12-4/h9,11,13,16H,1,3,10,12,14H2,2,4-8H3. The molecule has 0 spiro atoms. The van der Waals surface area contributed by atoms with Gasteiger partial charge in [-0.05, 0) is 37.5 Å². The molecule has 0 aliphatic heterocycles. The van der Waals surface area contributed by atoms with E-state index in [1.807, 2.05) is 0 Å². The van der Waals surface area contributed by atoms with Gasteiger partial charge in [-0.25, -0.2) is 0 Å². The van der Waals surface area contributed by atoms with E-state index in [2.05, 4.69) is 72.9 Å². The maximum Gasteiger partial charge on any atom is 0.00301 e. The van der Waals surface area contributed by atoms with Crippen LogP contribution in [0.15, 0.2) is 37.0 Å². The molecule has 0 aromatic carbocycles. The number of hydrogen-bond donors (Lipinski definition) is 0. The van der Waals surface area contributed by atoms with Crippen LogP contribution in [-0.2, 0) is 0 Å². The first-order valence-corrected chi connectivity index (χ1v) is 7.20. The lowest BCUT2D eigenvalue weighted by atomic mass is 9.73. The number of allylic oxidation sites excluding steroid dienone is 4. The smallest absolute Gasteiger partial charge is 0.00301 e. The molecule has 0 aliphatic carbocycles. The van der Waals surface area contributed by atoms with Gasteiger partial charge in [-0.1, -0.05) is 58.4 Å². The van der Waals surface area contributed by atoms with E-state index in [-0.39, 0.29) is 10.8 Å². The summed E-state index contributed by atoms with van der Waals surface area (Å²) in [5.74, 6) is 0.611. The van der Waals surface area contributed by atoms with Crippen LogP contribution in [0.5, 0.6) is 0 Å². The molecule has 0 saturated carbocycles. The van der Waals surface area contributed by atoms with Crippen LogP contribution in [-0.4, -0.2) is 0 Å². The molecule has 0 rings (SSSR count). The van der Waals surface area contributed by atoms with Crippen molar-refractivity contribution in [3.63, 3.8) is 0 Å². The largest absolute Gasteiger partial charge is 0.103 e. The van der Waals surface area contributed by atoms with Crippen LogP contribution < -0.4 is 0 Å². The zero-order valence-electron chi connectivity index (χ0n) is 13.3. The molecule has 0 amide bonds. The minimum atomic E-state index is 0.122. The molecule has 0 fully saturated rings. The van der Waals surface area contributed by atoms with Crippen LogP contribution in [0.4, 0.5) is 0 Å². The van der Waals surface area contributed by atoms with Crippen LogP contribution in [0.3, 0.4) is 0 Å². The topological polar surface area (TPSA) is 0 Å². The van der Waals surface area contributed by atoms with Gasteiger partial charge in [-0.2, -0.15) is 0 Å². The molecule has 0 aliphatic rings. The molecule has 0 aromatic rings. The minimum absolute atomic E-state index is 0.122. The van der Waals surface area contributed by atoms with Gasteiger partial charge in [-0.15, -0.1) is 13.2 Å². The van der Waals surface area contributed by atoms with Crippen molar-refractivity contribution in [2.45, 2.75) is 60.8 Å². The van der Waals surface area contributed by atoms with Crippen molar-refractivity contribution in [2.24, 2.45) is 16.7 Å². The average Bonchev–Trinajstić information content (AvgIpc) is 2.35. The first kappa shape index (κ1) is 17.2. The van der Waals surface area contributed by atoms with Crippen LogP contribution in [0.1, 0.15) is 60.8 Å². The fourth-order valence-electron chi connectivity index (χ4n) is 2.21. The molecular formula is C18H32. The van der Waals surface area contributed by atoms with E-state index in [0.29, 0.717) is 5.92 Å². The van der Waals surface area contributed by atoms with Crippen molar-refractivity contribution in [3.8, 4) is 0 Å². The first-order chi connectivity index (χ1) is 8.24. The predicted molar refractivity (Wildman–Crippen MR) is 84.7 cm³/mol. The normalized spacial score (nSPS) is 18.0. The summed E-state index contributed by atoms with van der Waals surface area (Å²) in [6, 6.07) is 0. The second kappa shape index (κ2) is 6.97. The van der Waals surface area contributed by atoms with E-state index in [1.165, 1.54) is 18.4 Å². The number of hydrogen-bond acceptors (Lipinski definition) is 0. The van der Waals surface area contributed by atoms with Crippen LogP contribution in [0, 0.1) is 16.7 Å². The molecule has 2 atom stereocenters. The summed E-state index contributed by atoms with van der Waals surface area (Å²) in [4.78, 5) is 0. The van der Waals surface area contributed by atoms with E-state index in [1.54, 1.807) is 0 Å². The molecule has 18 heavy (non-hydrogen) atoms. The summed E-state index contributed by atoms with van der Waals surface area (Å²) in [5, 5.41) is 0. The molecule has 0 N–H and O–H groups in total. The summed E-state index contributed by atoms with van der Waals surface area (Å²) >= 11 is 0. The van der Waals surface area contributed by atoms with Gasteiger partial charge in [0, 0.05) is 5.41 Å². The van der Waals surface area contributed by atoms with Crippen molar-refractivity contribution in [1.29, 1.82) is 0 Å². The second-order valence-electron chi connectivity index (χ2n) is 6.38. The Labute approximate surface area is 115 Å². The van der Waals surface area contributed by atoms with Gasteiger partial charge in [0.2, 0.25) is 0 Å². The van der Waals surface area contributed by atoms with Crippen molar-refractivity contribution < 1.29 is 0 Å². The second-order valence-corrected chi connectivity index (χ2v) is 6.38. The predicted octanol–water partition coefficient (Wildman–Crippen LogP) is 6.16. The molecular weight excluding hydrogens is 216 g/mol. The van der Waals surface area contributed by atoms with E-state index in [0.717, 1.165) is 6.42 Å². The molecule has 2 unspecified atom stereocenters. The lowest BCUT2D eigenvalue weighted by Gasteiger charge is -2.32. The molecule has 0 heterocycles. The lowest BCUT2D eigenvalue weighted by Crippen LogP contribution is -2.20. The summed E-state index contributed by atoms with van der Waals surface area (Å²) in [6.45, 7) is 21.6. The van der Waals surface area contributed by atoms with Crippen molar-refractivity contribution in [1.82, 2.24) is 0 Å². The fourth-order valence-corrected chi connectivity index (χ4v) is 2.21. The van der Waals surface area contributed by atoms with Crippen LogP contribution >= 0.6 is 0 Å². The van der Waals surface area contributed by atoms with Gasteiger partial charge >= 0.3 is 0 Å². The van der Waals surface area contributed by atoms with Crippen LogP contribution in [0.25, 0.3) is 0 Å². The molecule has 0 radical (unpaired) electrons. The zero-order valence-corrected chi connectivity index (χ0v) is 13.3. The Kier molecular flexibility index (Phi) is 6.67. The monoisotopic (exact) mass is 248 g/mol. The van der Waals surface area contributed by atoms with E-state index >= 15 is 0 Å². The third-order valence-corrected chi connectivity index (χ3v) is 4.47. The highest BCUT2D eigenvalue weighted by atomic mass is 14.3. The Morgan fingerprint density at radius 1 is 1.17 bits per heavy atom. The molecule has 0 heteroatoms. The van der Waals surface area contributed by atoms with Crippen molar-refractivity contribution in [3.05, 3.63) is 37.0 Å². The molecule has 0 bridgehead atoms. The highest BCUT2D eigenvalue weighted by Gasteiger charge is 2.25. The zero-order chi connectivity index (χ0) is 14.4. The summed E-state index contributed by atoms with van der Waals surface area (Å²) in [7, 11) is 0. The first-order valence-electron chi connectivity index (χ1n) is 7.20. The van der Waals surface area contributed by atoms with Gasteiger partial charge in [-0.3, -0.25) is 0 Å². The van der Waals surface area contributed by atoms with E-state index in [9.17, 15) is 0 Å². The third kappa shape index (κ3) is 4.84. The van der Waals surface area contributed by atoms with Gasteiger partial charge in [0.1, 0.15) is 0 Å². The Hall–Kier alpha value is -0.780. The average molecular weight is 248 g/mol. The molecule has 0 nitrogen and oxygen atoms in total. The van der Waals surface area contributed by atoms with Crippen LogP contribution in [0.2, 0.25) is 0 Å². The van der Waals surface area contributed by atoms with Gasteiger partial charge in [0.25, 0.3) is 0 Å². The van der Waals surface area contributed by atoms with Crippen molar-refractivity contribution in [2.75, 3.05) is 0 Å². The highest BCUT2D eigenvalue weighted by molar-refractivity contribution is 5.18.